The summed E-state index contributed by atoms with van der Waals surface area (Å²) < 4.78 is 38.8. The Balaban J connectivity index is 2.26. The number of aryl methyl sites for hydroxylation is 1. The second kappa shape index (κ2) is 8.52. The summed E-state index contributed by atoms with van der Waals surface area (Å²) in [6.07, 6.45) is -3.08. The highest BCUT2D eigenvalue weighted by molar-refractivity contribution is 5.98. The minimum Gasteiger partial charge on any atom is -0.366 e. The molecular weight excluding hydrogens is 347 g/mol. The SMILES string of the molecule is Cc1cccc(Nc2nc(NC[C@@H](N)CC(F)F)c(F)cc2C(N)=O)c1. The van der Waals surface area contributed by atoms with E-state index in [2.05, 4.69) is 15.6 Å². The highest BCUT2D eigenvalue weighted by Gasteiger charge is 2.17. The lowest BCUT2D eigenvalue weighted by molar-refractivity contribution is 0.1000. The van der Waals surface area contributed by atoms with Gasteiger partial charge < -0.3 is 22.1 Å². The molecule has 6 N–H and O–H groups in total. The van der Waals surface area contributed by atoms with Gasteiger partial charge in [0.15, 0.2) is 11.6 Å². The standard InChI is InChI=1S/C17H20F3N5O/c1-9-3-2-4-11(5-9)24-16-12(15(22)26)7-13(18)17(25-16)23-8-10(21)6-14(19)20/h2-5,7,10,14H,6,8,21H2,1H3,(H2,22,26)(H2,23,24,25)/t10-/m0/s1. The van der Waals surface area contributed by atoms with E-state index in [1.165, 1.54) is 0 Å². The van der Waals surface area contributed by atoms with Crippen LogP contribution < -0.4 is 22.1 Å². The van der Waals surface area contributed by atoms with Crippen molar-refractivity contribution in [2.24, 2.45) is 11.5 Å². The first-order valence-corrected chi connectivity index (χ1v) is 7.88. The van der Waals surface area contributed by atoms with Crippen LogP contribution >= 0.6 is 0 Å². The van der Waals surface area contributed by atoms with E-state index in [-0.39, 0.29) is 23.7 Å². The highest BCUT2D eigenvalue weighted by Crippen LogP contribution is 2.24. The van der Waals surface area contributed by atoms with Crippen LogP contribution in [0.4, 0.5) is 30.5 Å². The first-order chi connectivity index (χ1) is 12.3. The molecule has 2 rings (SSSR count). The average molecular weight is 367 g/mol. The Morgan fingerprint density at radius 2 is 2.00 bits per heavy atom. The number of primary amides is 1. The number of pyridine rings is 1. The van der Waals surface area contributed by atoms with Crippen molar-refractivity contribution in [2.75, 3.05) is 17.2 Å². The van der Waals surface area contributed by atoms with Gasteiger partial charge in [-0.3, -0.25) is 4.79 Å². The Morgan fingerprint density at radius 3 is 2.62 bits per heavy atom. The lowest BCUT2D eigenvalue weighted by Crippen LogP contribution is -2.31. The third-order valence-corrected chi connectivity index (χ3v) is 3.53. The minimum absolute atomic E-state index is 0.0504. The number of nitrogens with one attached hydrogen (secondary N) is 2. The molecule has 6 nitrogen and oxygen atoms in total. The van der Waals surface area contributed by atoms with Crippen LogP contribution in [-0.2, 0) is 0 Å². The Kier molecular flexibility index (Phi) is 6.40. The average Bonchev–Trinajstić information content (AvgIpc) is 2.54. The van der Waals surface area contributed by atoms with E-state index >= 15 is 0 Å². The second-order valence-corrected chi connectivity index (χ2v) is 5.84. The zero-order valence-corrected chi connectivity index (χ0v) is 14.1. The normalized spacial score (nSPS) is 12.1. The number of aromatic nitrogens is 1. The number of alkyl halides is 2. The molecule has 0 saturated heterocycles. The monoisotopic (exact) mass is 367 g/mol. The van der Waals surface area contributed by atoms with Gasteiger partial charge in [0.2, 0.25) is 6.43 Å². The molecule has 1 aromatic carbocycles. The van der Waals surface area contributed by atoms with Gasteiger partial charge >= 0.3 is 0 Å². The molecule has 0 saturated carbocycles. The summed E-state index contributed by atoms with van der Waals surface area (Å²) in [5.74, 6) is -1.85. The number of hydrogen-bond acceptors (Lipinski definition) is 5. The number of nitrogens with zero attached hydrogens (tertiary/aromatic N) is 1. The molecule has 0 radical (unpaired) electrons. The molecule has 1 atom stereocenters. The predicted molar refractivity (Wildman–Crippen MR) is 94.3 cm³/mol. The summed E-state index contributed by atoms with van der Waals surface area (Å²) >= 11 is 0. The third-order valence-electron chi connectivity index (χ3n) is 3.53. The Labute approximate surface area is 148 Å². The molecule has 26 heavy (non-hydrogen) atoms. The van der Waals surface area contributed by atoms with E-state index in [0.717, 1.165) is 11.6 Å². The summed E-state index contributed by atoms with van der Waals surface area (Å²) in [5.41, 5.74) is 12.3. The number of benzene rings is 1. The number of amides is 1. The largest absolute Gasteiger partial charge is 0.366 e. The van der Waals surface area contributed by atoms with E-state index < -0.39 is 30.6 Å². The molecule has 1 heterocycles. The molecule has 1 aromatic heterocycles. The van der Waals surface area contributed by atoms with Crippen molar-refractivity contribution < 1.29 is 18.0 Å². The first-order valence-electron chi connectivity index (χ1n) is 7.88. The van der Waals surface area contributed by atoms with Crippen molar-refractivity contribution in [1.82, 2.24) is 4.98 Å². The number of nitrogens with two attached hydrogens (primary N) is 2. The summed E-state index contributed by atoms with van der Waals surface area (Å²) in [4.78, 5) is 15.6. The van der Waals surface area contributed by atoms with E-state index in [1.807, 2.05) is 19.1 Å². The van der Waals surface area contributed by atoms with Crippen LogP contribution in [0.2, 0.25) is 0 Å². The van der Waals surface area contributed by atoms with Gasteiger partial charge in [-0.2, -0.15) is 0 Å². The molecule has 2 aromatic rings. The summed E-state index contributed by atoms with van der Waals surface area (Å²) in [5, 5.41) is 5.50. The molecule has 0 bridgehead atoms. The van der Waals surface area contributed by atoms with Crippen molar-refractivity contribution >= 4 is 23.2 Å². The van der Waals surface area contributed by atoms with Crippen LogP contribution in [0.15, 0.2) is 30.3 Å². The van der Waals surface area contributed by atoms with Crippen molar-refractivity contribution in [3.63, 3.8) is 0 Å². The Bertz CT molecular complexity index is 785. The molecule has 0 fully saturated rings. The number of hydrogen-bond donors (Lipinski definition) is 4. The molecule has 0 aliphatic rings. The van der Waals surface area contributed by atoms with Crippen molar-refractivity contribution in [2.45, 2.75) is 25.8 Å². The van der Waals surface area contributed by atoms with Crippen molar-refractivity contribution in [3.8, 4) is 0 Å². The van der Waals surface area contributed by atoms with Crippen LogP contribution in [0.3, 0.4) is 0 Å². The van der Waals surface area contributed by atoms with Crippen LogP contribution in [0.1, 0.15) is 22.3 Å². The smallest absolute Gasteiger partial charge is 0.252 e. The number of carbonyl (C=O) groups excluding carboxylic acids is 1. The molecule has 0 spiro atoms. The van der Waals surface area contributed by atoms with Gasteiger partial charge in [-0.15, -0.1) is 0 Å². The predicted octanol–water partition coefficient (Wildman–Crippen LogP) is 2.77. The van der Waals surface area contributed by atoms with Crippen LogP contribution in [0.25, 0.3) is 0 Å². The molecule has 0 unspecified atom stereocenters. The molecule has 140 valence electrons. The zero-order chi connectivity index (χ0) is 19.3. The van der Waals surface area contributed by atoms with Gasteiger partial charge in [-0.1, -0.05) is 12.1 Å². The second-order valence-electron chi connectivity index (χ2n) is 5.84. The number of rotatable bonds is 8. The van der Waals surface area contributed by atoms with Crippen molar-refractivity contribution in [1.29, 1.82) is 0 Å². The fraction of sp³-hybridized carbons (Fsp3) is 0.294. The van der Waals surface area contributed by atoms with Gasteiger partial charge in [0, 0.05) is 24.7 Å². The van der Waals surface area contributed by atoms with E-state index in [9.17, 15) is 18.0 Å². The first kappa shape index (κ1) is 19.5. The van der Waals surface area contributed by atoms with Gasteiger partial charge in [-0.05, 0) is 30.7 Å². The highest BCUT2D eigenvalue weighted by atomic mass is 19.3. The summed E-state index contributed by atoms with van der Waals surface area (Å²) in [6, 6.07) is 7.30. The molecular formula is C17H20F3N5O. The fourth-order valence-corrected chi connectivity index (χ4v) is 2.30. The van der Waals surface area contributed by atoms with Crippen LogP contribution in [-0.4, -0.2) is 29.9 Å². The zero-order valence-electron chi connectivity index (χ0n) is 14.1. The molecule has 1 amide bonds. The van der Waals surface area contributed by atoms with Gasteiger partial charge in [0.1, 0.15) is 5.82 Å². The third kappa shape index (κ3) is 5.35. The Morgan fingerprint density at radius 1 is 1.27 bits per heavy atom. The van der Waals surface area contributed by atoms with Gasteiger partial charge in [0.05, 0.1) is 5.56 Å². The lowest BCUT2D eigenvalue weighted by Gasteiger charge is -2.16. The summed E-state index contributed by atoms with van der Waals surface area (Å²) in [6.45, 7) is 1.78. The van der Waals surface area contributed by atoms with Crippen molar-refractivity contribution in [3.05, 3.63) is 47.3 Å². The van der Waals surface area contributed by atoms with Crippen LogP contribution in [0.5, 0.6) is 0 Å². The van der Waals surface area contributed by atoms with E-state index in [1.54, 1.807) is 12.1 Å². The lowest BCUT2D eigenvalue weighted by atomic mass is 10.2. The number of halogens is 3. The molecule has 0 aliphatic carbocycles. The van der Waals surface area contributed by atoms with Gasteiger partial charge in [-0.25, -0.2) is 18.2 Å². The van der Waals surface area contributed by atoms with Crippen LogP contribution in [0, 0.1) is 12.7 Å². The fourth-order valence-electron chi connectivity index (χ4n) is 2.30. The number of anilines is 3. The Hall–Kier alpha value is -2.81. The quantitative estimate of drug-likeness (QED) is 0.574. The maximum Gasteiger partial charge on any atom is 0.252 e. The maximum absolute atomic E-state index is 14.2. The number of carbonyl (C=O) groups is 1. The topological polar surface area (TPSA) is 106 Å². The minimum atomic E-state index is -2.56. The van der Waals surface area contributed by atoms with Gasteiger partial charge in [0.25, 0.3) is 5.91 Å². The molecule has 0 aliphatic heterocycles. The maximum atomic E-state index is 14.2. The molecule has 9 heteroatoms. The van der Waals surface area contributed by atoms with E-state index in [4.69, 9.17) is 11.5 Å². The van der Waals surface area contributed by atoms with E-state index in [0.29, 0.717) is 5.69 Å². The summed E-state index contributed by atoms with van der Waals surface area (Å²) in [7, 11) is 0.